The lowest BCUT2D eigenvalue weighted by Gasteiger charge is -2.22. The number of hydrazone groups is 1. The molecule has 2 aliphatic rings. The maximum atomic E-state index is 13.0. The number of rotatable bonds is 6. The summed E-state index contributed by atoms with van der Waals surface area (Å²) in [6.45, 7) is 0.226. The van der Waals surface area contributed by atoms with Crippen LogP contribution in [0.5, 0.6) is 11.5 Å². The molecule has 0 saturated heterocycles. The second kappa shape index (κ2) is 9.34. The van der Waals surface area contributed by atoms with E-state index in [0.29, 0.717) is 6.42 Å². The smallest absolute Gasteiger partial charge is 0.303 e. The summed E-state index contributed by atoms with van der Waals surface area (Å²) in [5.41, 5.74) is 6.01. The minimum Gasteiger partial charge on any atom is -0.481 e. The molecule has 3 aromatic carbocycles. The largest absolute Gasteiger partial charge is 0.481 e. The van der Waals surface area contributed by atoms with Gasteiger partial charge in [0.2, 0.25) is 12.7 Å². The number of fused-ring (bicyclic) bond motifs is 2. The van der Waals surface area contributed by atoms with Crippen LogP contribution in [0.3, 0.4) is 0 Å². The van der Waals surface area contributed by atoms with Gasteiger partial charge < -0.3 is 14.6 Å². The second-order valence-corrected chi connectivity index (χ2v) is 8.85. The maximum Gasteiger partial charge on any atom is 0.303 e. The van der Waals surface area contributed by atoms with E-state index >= 15 is 0 Å². The molecule has 6 rings (SSSR count). The van der Waals surface area contributed by atoms with E-state index in [4.69, 9.17) is 14.6 Å². The van der Waals surface area contributed by atoms with Crippen LogP contribution in [-0.2, 0) is 9.59 Å². The zero-order valence-electron chi connectivity index (χ0n) is 19.7. The topological polar surface area (TPSA) is 114 Å². The van der Waals surface area contributed by atoms with Gasteiger partial charge in [0, 0.05) is 25.2 Å². The molecule has 0 aliphatic carbocycles. The van der Waals surface area contributed by atoms with Gasteiger partial charge >= 0.3 is 5.97 Å². The van der Waals surface area contributed by atoms with Gasteiger partial charge in [0.1, 0.15) is 0 Å². The SMILES string of the molecule is O=C(O)CCC(=O)N1N=C(c2ccc(-c3ccc4c(c3)OCO4)cc2)CC1c1ccc2nccnc2c1. The number of aliphatic carboxylic acids is 1. The number of ether oxygens (including phenoxy) is 2. The molecule has 1 amide bonds. The molecular weight excluding hydrogens is 472 g/mol. The van der Waals surface area contributed by atoms with Crippen LogP contribution in [0.4, 0.5) is 0 Å². The van der Waals surface area contributed by atoms with Crippen molar-refractivity contribution in [1.29, 1.82) is 0 Å². The van der Waals surface area contributed by atoms with Gasteiger partial charge in [-0.25, -0.2) is 5.01 Å². The molecule has 1 aromatic heterocycles. The molecule has 2 aliphatic heterocycles. The summed E-state index contributed by atoms with van der Waals surface area (Å²) in [6, 6.07) is 19.1. The molecule has 0 radical (unpaired) electrons. The lowest BCUT2D eigenvalue weighted by atomic mass is 9.96. The van der Waals surface area contributed by atoms with E-state index in [0.717, 1.165) is 50.5 Å². The predicted octanol–water partition coefficient (Wildman–Crippen LogP) is 4.57. The van der Waals surface area contributed by atoms with Crippen molar-refractivity contribution in [2.24, 2.45) is 5.10 Å². The van der Waals surface area contributed by atoms with E-state index in [-0.39, 0.29) is 31.6 Å². The van der Waals surface area contributed by atoms with Gasteiger partial charge in [0.05, 0.1) is 29.2 Å². The van der Waals surface area contributed by atoms with Crippen LogP contribution in [0.25, 0.3) is 22.2 Å². The molecule has 0 bridgehead atoms. The lowest BCUT2D eigenvalue weighted by Crippen LogP contribution is -2.27. The monoisotopic (exact) mass is 494 g/mol. The Bertz CT molecular complexity index is 1550. The number of hydrogen-bond donors (Lipinski definition) is 1. The van der Waals surface area contributed by atoms with Gasteiger partial charge in [-0.05, 0) is 46.5 Å². The van der Waals surface area contributed by atoms with E-state index in [1.807, 2.05) is 60.7 Å². The highest BCUT2D eigenvalue weighted by Gasteiger charge is 2.33. The average Bonchev–Trinajstić information content (AvgIpc) is 3.59. The van der Waals surface area contributed by atoms with Crippen molar-refractivity contribution in [3.8, 4) is 22.6 Å². The number of amides is 1. The third kappa shape index (κ3) is 4.47. The van der Waals surface area contributed by atoms with Gasteiger partial charge in [-0.3, -0.25) is 19.6 Å². The van der Waals surface area contributed by atoms with E-state index in [1.54, 1.807) is 12.4 Å². The summed E-state index contributed by atoms with van der Waals surface area (Å²) in [5.74, 6) is 0.103. The fourth-order valence-corrected chi connectivity index (χ4v) is 4.62. The van der Waals surface area contributed by atoms with Crippen molar-refractivity contribution in [3.63, 3.8) is 0 Å². The van der Waals surface area contributed by atoms with Crippen molar-refractivity contribution in [2.45, 2.75) is 25.3 Å². The Morgan fingerprint density at radius 1 is 0.838 bits per heavy atom. The normalized spacial score (nSPS) is 16.2. The lowest BCUT2D eigenvalue weighted by molar-refractivity contribution is -0.141. The number of benzene rings is 3. The first kappa shape index (κ1) is 22.7. The molecule has 1 atom stereocenters. The Labute approximate surface area is 212 Å². The van der Waals surface area contributed by atoms with Gasteiger partial charge in [-0.1, -0.05) is 36.4 Å². The van der Waals surface area contributed by atoms with Crippen molar-refractivity contribution < 1.29 is 24.2 Å². The fraction of sp³-hybridized carbons (Fsp3) is 0.179. The summed E-state index contributed by atoms with van der Waals surface area (Å²) in [6.07, 6.45) is 3.38. The molecule has 37 heavy (non-hydrogen) atoms. The van der Waals surface area contributed by atoms with E-state index in [2.05, 4.69) is 15.1 Å². The maximum absolute atomic E-state index is 13.0. The number of hydrogen-bond acceptors (Lipinski definition) is 7. The summed E-state index contributed by atoms with van der Waals surface area (Å²) < 4.78 is 10.9. The molecule has 1 unspecified atom stereocenters. The molecule has 9 nitrogen and oxygen atoms in total. The molecule has 3 heterocycles. The Morgan fingerprint density at radius 2 is 1.57 bits per heavy atom. The third-order valence-electron chi connectivity index (χ3n) is 6.52. The fourth-order valence-electron chi connectivity index (χ4n) is 4.62. The number of aromatic nitrogens is 2. The minimum absolute atomic E-state index is 0.126. The van der Waals surface area contributed by atoms with Crippen LogP contribution in [-0.4, -0.2) is 44.5 Å². The number of carbonyl (C=O) groups is 2. The molecule has 0 spiro atoms. The van der Waals surface area contributed by atoms with Crippen molar-refractivity contribution in [2.75, 3.05) is 6.79 Å². The Hall–Kier alpha value is -4.79. The van der Waals surface area contributed by atoms with Gasteiger partial charge in [0.15, 0.2) is 11.5 Å². The van der Waals surface area contributed by atoms with Gasteiger partial charge in [-0.15, -0.1) is 0 Å². The van der Waals surface area contributed by atoms with Crippen LogP contribution in [0.1, 0.15) is 36.4 Å². The van der Waals surface area contributed by atoms with E-state index in [9.17, 15) is 9.59 Å². The van der Waals surface area contributed by atoms with E-state index in [1.165, 1.54) is 5.01 Å². The van der Waals surface area contributed by atoms with Crippen molar-refractivity contribution >= 4 is 28.6 Å². The minimum atomic E-state index is -1.02. The zero-order valence-corrected chi connectivity index (χ0v) is 19.7. The molecule has 9 heteroatoms. The highest BCUT2D eigenvalue weighted by Crippen LogP contribution is 2.37. The Kier molecular flexibility index (Phi) is 5.72. The molecular formula is C28H22N4O5. The Morgan fingerprint density at radius 3 is 2.38 bits per heavy atom. The van der Waals surface area contributed by atoms with Crippen LogP contribution in [0, 0.1) is 0 Å². The standard InChI is InChI=1S/C28H22N4O5/c33-27(9-10-28(34)35)32-24(20-5-7-21-23(13-20)30-12-11-29-21)15-22(31-32)18-3-1-17(2-4-18)19-6-8-25-26(14-19)37-16-36-25/h1-8,11-14,24H,9-10,15-16H2,(H,34,35). The zero-order chi connectivity index (χ0) is 25.4. The first-order chi connectivity index (χ1) is 18.0. The Balaban J connectivity index is 1.29. The second-order valence-electron chi connectivity index (χ2n) is 8.85. The molecule has 1 N–H and O–H groups in total. The van der Waals surface area contributed by atoms with Crippen molar-refractivity contribution in [3.05, 3.63) is 84.2 Å². The highest BCUT2D eigenvalue weighted by atomic mass is 16.7. The molecule has 0 fully saturated rings. The van der Waals surface area contributed by atoms with Gasteiger partial charge in [-0.2, -0.15) is 5.10 Å². The summed E-state index contributed by atoms with van der Waals surface area (Å²) in [5, 5.41) is 15.1. The summed E-state index contributed by atoms with van der Waals surface area (Å²) >= 11 is 0. The quantitative estimate of drug-likeness (QED) is 0.418. The highest BCUT2D eigenvalue weighted by molar-refractivity contribution is 6.03. The number of nitrogens with zero attached hydrogens (tertiary/aromatic N) is 4. The molecule has 184 valence electrons. The number of carboxylic acid groups (broad SMARTS) is 1. The summed E-state index contributed by atoms with van der Waals surface area (Å²) in [7, 11) is 0. The molecule has 0 saturated carbocycles. The van der Waals surface area contributed by atoms with Crippen LogP contribution in [0.2, 0.25) is 0 Å². The van der Waals surface area contributed by atoms with Crippen LogP contribution < -0.4 is 9.47 Å². The molecule has 4 aromatic rings. The predicted molar refractivity (Wildman–Crippen MR) is 135 cm³/mol. The third-order valence-corrected chi connectivity index (χ3v) is 6.52. The van der Waals surface area contributed by atoms with E-state index < -0.39 is 5.97 Å². The van der Waals surface area contributed by atoms with Crippen molar-refractivity contribution in [1.82, 2.24) is 15.0 Å². The first-order valence-corrected chi connectivity index (χ1v) is 11.9. The average molecular weight is 495 g/mol. The number of carboxylic acids is 1. The van der Waals surface area contributed by atoms with Crippen LogP contribution >= 0.6 is 0 Å². The van der Waals surface area contributed by atoms with Gasteiger partial charge in [0.25, 0.3) is 0 Å². The number of carbonyl (C=O) groups excluding carboxylic acids is 1. The van der Waals surface area contributed by atoms with Crippen LogP contribution in [0.15, 0.2) is 78.2 Å². The summed E-state index contributed by atoms with van der Waals surface area (Å²) in [4.78, 5) is 32.8. The first-order valence-electron chi connectivity index (χ1n) is 11.9.